The van der Waals surface area contributed by atoms with Crippen molar-refractivity contribution in [1.82, 2.24) is 14.9 Å². The number of carboxylic acids is 1. The zero-order chi connectivity index (χ0) is 14.0. The molecular weight excluding hydrogens is 290 g/mol. The summed E-state index contributed by atoms with van der Waals surface area (Å²) in [5.41, 5.74) is -0.307. The quantitative estimate of drug-likeness (QED) is 0.905. The molecule has 2 aromatic heterocycles. The van der Waals surface area contributed by atoms with Gasteiger partial charge in [0.15, 0.2) is 11.4 Å². The maximum atomic E-state index is 12.1. The number of halogens is 1. The van der Waals surface area contributed by atoms with Gasteiger partial charge in [-0.3, -0.25) is 4.79 Å². The van der Waals surface area contributed by atoms with Crippen LogP contribution in [0, 0.1) is 0 Å². The topological polar surface area (TPSA) is 86.3 Å². The Morgan fingerprint density at radius 3 is 2.84 bits per heavy atom. The van der Waals surface area contributed by atoms with E-state index in [2.05, 4.69) is 9.97 Å². The number of aromatic amines is 1. The smallest absolute Gasteiger partial charge is 0.354 e. The van der Waals surface area contributed by atoms with Gasteiger partial charge < -0.3 is 15.0 Å². The van der Waals surface area contributed by atoms with Crippen molar-refractivity contribution >= 4 is 34.8 Å². The highest BCUT2D eigenvalue weighted by Gasteiger charge is 2.22. The number of nitrogens with one attached hydrogen (secondary N) is 1. The van der Waals surface area contributed by atoms with E-state index in [9.17, 15) is 9.59 Å². The molecule has 0 spiro atoms. The van der Waals surface area contributed by atoms with Crippen LogP contribution in [0.4, 0.5) is 0 Å². The molecule has 0 radical (unpaired) electrons. The van der Waals surface area contributed by atoms with Gasteiger partial charge in [-0.05, 0) is 12.1 Å². The fourth-order valence-electron chi connectivity index (χ4n) is 1.54. The van der Waals surface area contributed by atoms with E-state index in [4.69, 9.17) is 16.7 Å². The van der Waals surface area contributed by atoms with Crippen LogP contribution in [0.25, 0.3) is 0 Å². The molecule has 2 N–H and O–H groups in total. The average molecular weight is 300 g/mol. The molecule has 2 heterocycles. The van der Waals surface area contributed by atoms with Gasteiger partial charge >= 0.3 is 5.97 Å². The molecule has 0 aliphatic heterocycles. The fourth-order valence-corrected chi connectivity index (χ4v) is 2.68. The van der Waals surface area contributed by atoms with Crippen molar-refractivity contribution in [2.45, 2.75) is 6.54 Å². The summed E-state index contributed by atoms with van der Waals surface area (Å²) >= 11 is 7.18. The number of nitrogens with zero attached hydrogens (tertiary/aromatic N) is 2. The number of carbonyl (C=O) groups is 2. The third-order valence-corrected chi connectivity index (χ3v) is 3.64. The Labute approximate surface area is 117 Å². The second-order valence-corrected chi connectivity index (χ2v) is 5.60. The Morgan fingerprint density at radius 1 is 1.53 bits per heavy atom. The number of amides is 1. The van der Waals surface area contributed by atoms with Crippen molar-refractivity contribution in [3.8, 4) is 0 Å². The highest BCUT2D eigenvalue weighted by Crippen LogP contribution is 2.22. The highest BCUT2D eigenvalue weighted by molar-refractivity contribution is 7.16. The molecule has 0 bridgehead atoms. The Kier molecular flexibility index (Phi) is 3.87. The van der Waals surface area contributed by atoms with Gasteiger partial charge in [-0.1, -0.05) is 11.6 Å². The van der Waals surface area contributed by atoms with E-state index in [1.165, 1.54) is 22.6 Å². The minimum absolute atomic E-state index is 0.0994. The highest BCUT2D eigenvalue weighted by atomic mass is 35.5. The molecule has 2 rings (SSSR count). The summed E-state index contributed by atoms with van der Waals surface area (Å²) in [5.74, 6) is -1.67. The maximum Gasteiger partial charge on any atom is 0.354 e. The molecule has 0 fully saturated rings. The second kappa shape index (κ2) is 5.41. The number of hydrogen-bond acceptors (Lipinski definition) is 4. The summed E-state index contributed by atoms with van der Waals surface area (Å²) in [6.45, 7) is 0.349. The Hall–Kier alpha value is -1.86. The SMILES string of the molecule is CN(Cc1ccc(Cl)s1)C(=O)c1nc[nH]c1C(=O)O. The van der Waals surface area contributed by atoms with Gasteiger partial charge in [0.2, 0.25) is 0 Å². The van der Waals surface area contributed by atoms with E-state index >= 15 is 0 Å². The van der Waals surface area contributed by atoms with Crippen LogP contribution >= 0.6 is 22.9 Å². The number of thiophene rings is 1. The Balaban J connectivity index is 2.15. The number of hydrogen-bond donors (Lipinski definition) is 2. The third-order valence-electron chi connectivity index (χ3n) is 2.42. The number of rotatable bonds is 4. The number of carboxylic acid groups (broad SMARTS) is 1. The number of imidazole rings is 1. The lowest BCUT2D eigenvalue weighted by atomic mass is 10.3. The number of aromatic carboxylic acids is 1. The van der Waals surface area contributed by atoms with Crippen LogP contribution in [0.2, 0.25) is 4.34 Å². The van der Waals surface area contributed by atoms with Crippen molar-refractivity contribution in [3.05, 3.63) is 39.1 Å². The van der Waals surface area contributed by atoms with E-state index in [0.29, 0.717) is 10.9 Å². The molecule has 0 saturated carbocycles. The molecule has 19 heavy (non-hydrogen) atoms. The molecule has 2 aromatic rings. The van der Waals surface area contributed by atoms with Gasteiger partial charge in [-0.15, -0.1) is 11.3 Å². The first-order chi connectivity index (χ1) is 8.99. The van der Waals surface area contributed by atoms with Crippen LogP contribution in [0.3, 0.4) is 0 Å². The zero-order valence-electron chi connectivity index (χ0n) is 9.88. The maximum absolute atomic E-state index is 12.1. The number of H-pyrrole nitrogens is 1. The zero-order valence-corrected chi connectivity index (χ0v) is 11.5. The number of carbonyl (C=O) groups excluding carboxylic acids is 1. The second-order valence-electron chi connectivity index (χ2n) is 3.80. The van der Waals surface area contributed by atoms with Gasteiger partial charge in [0.25, 0.3) is 5.91 Å². The van der Waals surface area contributed by atoms with Crippen molar-refractivity contribution < 1.29 is 14.7 Å². The lowest BCUT2D eigenvalue weighted by molar-refractivity contribution is 0.0674. The summed E-state index contributed by atoms with van der Waals surface area (Å²) in [5, 5.41) is 8.92. The van der Waals surface area contributed by atoms with E-state index in [-0.39, 0.29) is 11.4 Å². The average Bonchev–Trinajstić information content (AvgIpc) is 2.97. The largest absolute Gasteiger partial charge is 0.477 e. The van der Waals surface area contributed by atoms with Gasteiger partial charge in [-0.2, -0.15) is 0 Å². The van der Waals surface area contributed by atoms with Crippen LogP contribution in [-0.2, 0) is 6.54 Å². The molecule has 1 amide bonds. The van der Waals surface area contributed by atoms with Crippen LogP contribution in [-0.4, -0.2) is 38.9 Å². The summed E-state index contributed by atoms with van der Waals surface area (Å²) in [6.07, 6.45) is 1.19. The minimum atomic E-state index is -1.21. The fraction of sp³-hybridized carbons (Fsp3) is 0.182. The predicted molar refractivity (Wildman–Crippen MR) is 70.7 cm³/mol. The van der Waals surface area contributed by atoms with Crippen molar-refractivity contribution in [1.29, 1.82) is 0 Å². The molecule has 100 valence electrons. The molecule has 0 unspecified atom stereocenters. The van der Waals surface area contributed by atoms with Crippen LogP contribution < -0.4 is 0 Å². The van der Waals surface area contributed by atoms with Crippen molar-refractivity contribution in [2.75, 3.05) is 7.05 Å². The normalized spacial score (nSPS) is 10.4. The molecule has 0 aliphatic carbocycles. The first kappa shape index (κ1) is 13.6. The monoisotopic (exact) mass is 299 g/mol. The van der Waals surface area contributed by atoms with Gasteiger partial charge in [0.1, 0.15) is 0 Å². The first-order valence-corrected chi connectivity index (χ1v) is 6.45. The summed E-state index contributed by atoms with van der Waals surface area (Å²) in [6, 6.07) is 3.57. The van der Waals surface area contributed by atoms with E-state index in [0.717, 1.165) is 4.88 Å². The van der Waals surface area contributed by atoms with Crippen LogP contribution in [0.1, 0.15) is 25.9 Å². The lowest BCUT2D eigenvalue weighted by Crippen LogP contribution is -2.27. The first-order valence-electron chi connectivity index (χ1n) is 5.25. The van der Waals surface area contributed by atoms with Gasteiger partial charge in [-0.25, -0.2) is 9.78 Å². The molecule has 0 atom stereocenters. The van der Waals surface area contributed by atoms with Gasteiger partial charge in [0, 0.05) is 11.9 Å². The van der Waals surface area contributed by atoms with Gasteiger partial charge in [0.05, 0.1) is 17.2 Å². The van der Waals surface area contributed by atoms with E-state index in [1.807, 2.05) is 6.07 Å². The summed E-state index contributed by atoms with van der Waals surface area (Å²) < 4.78 is 0.641. The Morgan fingerprint density at radius 2 is 2.26 bits per heavy atom. The standard InChI is InChI=1S/C11H10ClN3O3S/c1-15(4-6-2-3-7(12)19-6)10(16)8-9(11(17)18)14-5-13-8/h2-3,5H,4H2,1H3,(H,13,14)(H,17,18). The lowest BCUT2D eigenvalue weighted by Gasteiger charge is -2.15. The summed E-state index contributed by atoms with van der Waals surface area (Å²) in [4.78, 5) is 31.5. The van der Waals surface area contributed by atoms with E-state index < -0.39 is 11.9 Å². The number of aromatic nitrogens is 2. The molecule has 0 aliphatic rings. The molecule has 0 saturated heterocycles. The molecule has 0 aromatic carbocycles. The van der Waals surface area contributed by atoms with E-state index in [1.54, 1.807) is 13.1 Å². The van der Waals surface area contributed by atoms with Crippen molar-refractivity contribution in [3.63, 3.8) is 0 Å². The molecule has 8 heteroatoms. The minimum Gasteiger partial charge on any atom is -0.477 e. The third kappa shape index (κ3) is 2.94. The molecular formula is C11H10ClN3O3S. The van der Waals surface area contributed by atoms with Crippen LogP contribution in [0.5, 0.6) is 0 Å². The molecule has 6 nitrogen and oxygen atoms in total. The Bertz CT molecular complexity index is 622. The van der Waals surface area contributed by atoms with Crippen molar-refractivity contribution in [2.24, 2.45) is 0 Å². The summed E-state index contributed by atoms with van der Waals surface area (Å²) in [7, 11) is 1.58. The van der Waals surface area contributed by atoms with Crippen LogP contribution in [0.15, 0.2) is 18.5 Å². The predicted octanol–water partition coefficient (Wildman–Crippen LogP) is 2.09.